The average molecular weight is 450 g/mol. The molecule has 0 atom stereocenters. The van der Waals surface area contributed by atoms with E-state index in [0.717, 1.165) is 21.5 Å². The van der Waals surface area contributed by atoms with Crippen LogP contribution in [0.2, 0.25) is 0 Å². The SMILES string of the molecule is Cc1cc(C(F)(C(F)(F)F)C(F)(F)F)cc(C)c1-c1cccc2cc3ccccc3cc12. The van der Waals surface area contributed by atoms with Crippen LogP contribution in [0.4, 0.5) is 30.7 Å². The maximum absolute atomic E-state index is 14.6. The Morgan fingerprint density at radius 3 is 1.59 bits per heavy atom. The molecule has 0 aliphatic carbocycles. The van der Waals surface area contributed by atoms with E-state index in [-0.39, 0.29) is 11.1 Å². The Bertz CT molecular complexity index is 1290. The first-order valence-electron chi connectivity index (χ1n) is 9.70. The second-order valence-corrected chi connectivity index (χ2v) is 7.87. The average Bonchev–Trinajstić information content (AvgIpc) is 2.69. The molecule has 4 aromatic carbocycles. The van der Waals surface area contributed by atoms with Crippen molar-refractivity contribution in [3.05, 3.63) is 83.4 Å². The number of fused-ring (bicyclic) bond motifs is 2. The van der Waals surface area contributed by atoms with Crippen LogP contribution >= 0.6 is 0 Å². The Kier molecular flexibility index (Phi) is 4.99. The summed E-state index contributed by atoms with van der Waals surface area (Å²) in [5, 5.41) is 3.60. The molecule has 4 aromatic rings. The zero-order valence-corrected chi connectivity index (χ0v) is 17.0. The zero-order chi connectivity index (χ0) is 23.5. The van der Waals surface area contributed by atoms with Gasteiger partial charge in [-0.1, -0.05) is 54.6 Å². The van der Waals surface area contributed by atoms with Gasteiger partial charge < -0.3 is 0 Å². The third-order valence-electron chi connectivity index (χ3n) is 5.73. The van der Waals surface area contributed by atoms with E-state index in [9.17, 15) is 30.7 Å². The lowest BCUT2D eigenvalue weighted by molar-refractivity contribution is -0.348. The van der Waals surface area contributed by atoms with Crippen molar-refractivity contribution < 1.29 is 30.7 Å². The number of aryl methyl sites for hydroxylation is 2. The number of rotatable bonds is 2. The molecular formula is C25H17F7. The fourth-order valence-corrected chi connectivity index (χ4v) is 4.26. The third kappa shape index (κ3) is 3.31. The van der Waals surface area contributed by atoms with Crippen LogP contribution < -0.4 is 0 Å². The molecular weight excluding hydrogens is 433 g/mol. The van der Waals surface area contributed by atoms with Crippen molar-refractivity contribution in [1.29, 1.82) is 0 Å². The van der Waals surface area contributed by atoms with E-state index in [1.807, 2.05) is 42.5 Å². The first-order valence-corrected chi connectivity index (χ1v) is 9.70. The van der Waals surface area contributed by atoms with Gasteiger partial charge in [-0.3, -0.25) is 0 Å². The third-order valence-corrected chi connectivity index (χ3v) is 5.73. The van der Waals surface area contributed by atoms with Crippen molar-refractivity contribution in [1.82, 2.24) is 0 Å². The summed E-state index contributed by atoms with van der Waals surface area (Å²) >= 11 is 0. The molecule has 0 spiro atoms. The van der Waals surface area contributed by atoms with Gasteiger partial charge in [-0.2, -0.15) is 26.3 Å². The normalized spacial score (nSPS) is 13.2. The summed E-state index contributed by atoms with van der Waals surface area (Å²) in [4.78, 5) is 0. The quantitative estimate of drug-likeness (QED) is 0.212. The molecule has 0 heterocycles. The van der Waals surface area contributed by atoms with E-state index < -0.39 is 23.6 Å². The van der Waals surface area contributed by atoms with Gasteiger partial charge in [-0.15, -0.1) is 0 Å². The van der Waals surface area contributed by atoms with Gasteiger partial charge >= 0.3 is 18.0 Å². The molecule has 0 N–H and O–H groups in total. The minimum absolute atomic E-state index is 0.121. The molecule has 0 saturated carbocycles. The summed E-state index contributed by atoms with van der Waals surface area (Å²) in [6, 6.07) is 18.2. The van der Waals surface area contributed by atoms with E-state index in [1.165, 1.54) is 13.8 Å². The van der Waals surface area contributed by atoms with Gasteiger partial charge in [0.05, 0.1) is 0 Å². The Hall–Kier alpha value is -3.09. The highest BCUT2D eigenvalue weighted by atomic mass is 19.4. The lowest BCUT2D eigenvalue weighted by atomic mass is 9.85. The molecule has 166 valence electrons. The van der Waals surface area contributed by atoms with Gasteiger partial charge in [-0.25, -0.2) is 4.39 Å². The molecule has 0 aliphatic heterocycles. The number of hydrogen-bond donors (Lipinski definition) is 0. The van der Waals surface area contributed by atoms with Crippen LogP contribution in [0.1, 0.15) is 16.7 Å². The number of alkyl halides is 7. The smallest absolute Gasteiger partial charge is 0.218 e. The molecule has 32 heavy (non-hydrogen) atoms. The Morgan fingerprint density at radius 1 is 0.562 bits per heavy atom. The van der Waals surface area contributed by atoms with Crippen molar-refractivity contribution >= 4 is 21.5 Å². The topological polar surface area (TPSA) is 0 Å². The van der Waals surface area contributed by atoms with E-state index in [1.54, 1.807) is 12.1 Å². The van der Waals surface area contributed by atoms with Crippen LogP contribution in [0, 0.1) is 13.8 Å². The molecule has 0 unspecified atom stereocenters. The Labute approximate surface area is 179 Å². The first-order chi connectivity index (χ1) is 14.8. The summed E-state index contributed by atoms with van der Waals surface area (Å²) in [5.41, 5.74) is -5.56. The largest absolute Gasteiger partial charge is 0.435 e. The van der Waals surface area contributed by atoms with Crippen molar-refractivity contribution in [3.63, 3.8) is 0 Å². The summed E-state index contributed by atoms with van der Waals surface area (Å²) in [5.74, 6) is 0. The van der Waals surface area contributed by atoms with E-state index in [0.29, 0.717) is 23.3 Å². The summed E-state index contributed by atoms with van der Waals surface area (Å²) < 4.78 is 94.0. The molecule has 0 saturated heterocycles. The number of halogens is 7. The lowest BCUT2D eigenvalue weighted by Crippen LogP contribution is -2.50. The molecule has 7 heteroatoms. The Balaban J connectivity index is 1.97. The molecule has 0 bridgehead atoms. The van der Waals surface area contributed by atoms with Crippen molar-refractivity contribution in [2.24, 2.45) is 0 Å². The minimum atomic E-state index is -6.15. The minimum Gasteiger partial charge on any atom is -0.218 e. The first kappa shape index (κ1) is 22.1. The van der Waals surface area contributed by atoms with Crippen LogP contribution in [-0.2, 0) is 5.67 Å². The van der Waals surface area contributed by atoms with E-state index >= 15 is 0 Å². The summed E-state index contributed by atoms with van der Waals surface area (Å²) in [6.07, 6.45) is -12.3. The van der Waals surface area contributed by atoms with Crippen LogP contribution in [0.5, 0.6) is 0 Å². The van der Waals surface area contributed by atoms with Crippen LogP contribution in [0.15, 0.2) is 66.7 Å². The predicted molar refractivity (Wildman–Crippen MR) is 111 cm³/mol. The second kappa shape index (κ2) is 7.22. The van der Waals surface area contributed by atoms with Gasteiger partial charge in [0.1, 0.15) is 0 Å². The van der Waals surface area contributed by atoms with Gasteiger partial charge in [0.25, 0.3) is 0 Å². The summed E-state index contributed by atoms with van der Waals surface area (Å²) in [7, 11) is 0. The number of hydrogen-bond acceptors (Lipinski definition) is 0. The van der Waals surface area contributed by atoms with Crippen molar-refractivity contribution in [3.8, 4) is 11.1 Å². The van der Waals surface area contributed by atoms with Crippen molar-refractivity contribution in [2.45, 2.75) is 31.9 Å². The molecule has 0 aromatic heterocycles. The zero-order valence-electron chi connectivity index (χ0n) is 17.0. The monoisotopic (exact) mass is 450 g/mol. The second-order valence-electron chi connectivity index (χ2n) is 7.87. The van der Waals surface area contributed by atoms with Gasteiger partial charge in [-0.05, 0) is 69.8 Å². The highest BCUT2D eigenvalue weighted by molar-refractivity contribution is 6.05. The van der Waals surface area contributed by atoms with Crippen LogP contribution in [-0.4, -0.2) is 12.4 Å². The number of benzene rings is 4. The van der Waals surface area contributed by atoms with Crippen LogP contribution in [0.25, 0.3) is 32.7 Å². The maximum atomic E-state index is 14.6. The molecule has 0 radical (unpaired) electrons. The summed E-state index contributed by atoms with van der Waals surface area (Å²) in [6.45, 7) is 2.78. The van der Waals surface area contributed by atoms with Gasteiger partial charge in [0, 0.05) is 5.56 Å². The fraction of sp³-hybridized carbons (Fsp3) is 0.200. The molecule has 0 amide bonds. The molecule has 0 nitrogen and oxygen atoms in total. The maximum Gasteiger partial charge on any atom is 0.435 e. The van der Waals surface area contributed by atoms with Gasteiger partial charge in [0.15, 0.2) is 0 Å². The predicted octanol–water partition coefficient (Wildman–Crippen LogP) is 8.57. The fourth-order valence-electron chi connectivity index (χ4n) is 4.26. The molecule has 0 aliphatic rings. The highest BCUT2D eigenvalue weighted by Gasteiger charge is 2.73. The molecule has 4 rings (SSSR count). The standard InChI is InChI=1S/C25H17F7/c1-14-10-19(23(26,24(27,28)29)25(30,31)32)11-15(2)22(14)20-9-5-8-18-12-16-6-3-4-7-17(16)13-21(18)20/h3-13H,1-2H3. The van der Waals surface area contributed by atoms with Gasteiger partial charge in [0.2, 0.25) is 0 Å². The van der Waals surface area contributed by atoms with Crippen LogP contribution in [0.3, 0.4) is 0 Å². The van der Waals surface area contributed by atoms with E-state index in [4.69, 9.17) is 0 Å². The lowest BCUT2D eigenvalue weighted by Gasteiger charge is -2.31. The highest BCUT2D eigenvalue weighted by Crippen LogP contribution is 2.54. The Morgan fingerprint density at radius 2 is 1.06 bits per heavy atom. The van der Waals surface area contributed by atoms with E-state index in [2.05, 4.69) is 0 Å². The molecule has 0 fully saturated rings. The van der Waals surface area contributed by atoms with Crippen molar-refractivity contribution in [2.75, 3.05) is 0 Å².